The third-order valence-electron chi connectivity index (χ3n) is 6.53. The largest absolute Gasteiger partial charge is 0.399 e. The summed E-state index contributed by atoms with van der Waals surface area (Å²) in [6, 6.07) is 7.85. The molecule has 0 radical (unpaired) electrons. The topological polar surface area (TPSA) is 96.9 Å². The molecular weight excluding hydrogens is 404 g/mol. The van der Waals surface area contributed by atoms with Crippen LogP contribution in [-0.2, 0) is 16.2 Å². The van der Waals surface area contributed by atoms with Gasteiger partial charge < -0.3 is 15.5 Å². The smallest absolute Gasteiger partial charge is 0.225 e. The molecule has 2 aliphatic heterocycles. The van der Waals surface area contributed by atoms with Crippen molar-refractivity contribution in [3.8, 4) is 0 Å². The molecule has 170 valence electrons. The summed E-state index contributed by atoms with van der Waals surface area (Å²) >= 11 is 0. The third-order valence-corrected chi connectivity index (χ3v) is 6.53. The zero-order valence-corrected chi connectivity index (χ0v) is 18.7. The van der Waals surface area contributed by atoms with E-state index < -0.39 is 0 Å². The Kier molecular flexibility index (Phi) is 7.32. The first-order valence-electron chi connectivity index (χ1n) is 11.4. The van der Waals surface area contributed by atoms with Gasteiger partial charge in [-0.15, -0.1) is 0 Å². The number of carbonyl (C=O) groups excluding carboxylic acids is 1. The summed E-state index contributed by atoms with van der Waals surface area (Å²) in [5.74, 6) is 1.26. The van der Waals surface area contributed by atoms with Crippen LogP contribution in [0.25, 0.3) is 0 Å². The molecule has 1 amide bonds. The average Bonchev–Trinajstić information content (AvgIpc) is 2.83. The van der Waals surface area contributed by atoms with Crippen LogP contribution >= 0.6 is 0 Å². The number of likely N-dealkylation sites (tertiary alicyclic amines) is 2. The molecular formula is C24H32N6O2. The van der Waals surface area contributed by atoms with Crippen molar-refractivity contribution in [2.45, 2.75) is 32.2 Å². The van der Waals surface area contributed by atoms with Crippen LogP contribution < -0.4 is 5.73 Å². The minimum atomic E-state index is 0.121. The van der Waals surface area contributed by atoms with E-state index in [-0.39, 0.29) is 11.8 Å². The summed E-state index contributed by atoms with van der Waals surface area (Å²) in [7, 11) is 1.57. The van der Waals surface area contributed by atoms with Gasteiger partial charge in [0.05, 0.1) is 5.71 Å². The summed E-state index contributed by atoms with van der Waals surface area (Å²) < 4.78 is 0. The molecule has 0 atom stereocenters. The van der Waals surface area contributed by atoms with Crippen molar-refractivity contribution < 1.29 is 9.63 Å². The molecule has 8 heteroatoms. The van der Waals surface area contributed by atoms with Crippen molar-refractivity contribution in [1.29, 1.82) is 0 Å². The molecule has 2 aromatic rings. The Bertz CT molecular complexity index is 919. The van der Waals surface area contributed by atoms with Gasteiger partial charge in [-0.1, -0.05) is 5.16 Å². The van der Waals surface area contributed by atoms with Crippen molar-refractivity contribution >= 4 is 17.4 Å². The second-order valence-corrected chi connectivity index (χ2v) is 8.64. The predicted molar refractivity (Wildman–Crippen MR) is 124 cm³/mol. The molecule has 32 heavy (non-hydrogen) atoms. The second-order valence-electron chi connectivity index (χ2n) is 8.64. The summed E-state index contributed by atoms with van der Waals surface area (Å²) in [6.07, 6.45) is 8.94. The van der Waals surface area contributed by atoms with Crippen molar-refractivity contribution in [2.24, 2.45) is 17.0 Å². The van der Waals surface area contributed by atoms with Gasteiger partial charge in [0.1, 0.15) is 12.9 Å². The average molecular weight is 437 g/mol. The van der Waals surface area contributed by atoms with Gasteiger partial charge in [0.15, 0.2) is 0 Å². The number of rotatable bonds is 6. The minimum Gasteiger partial charge on any atom is -0.399 e. The van der Waals surface area contributed by atoms with Crippen molar-refractivity contribution in [3.05, 3.63) is 54.0 Å². The Hall–Kier alpha value is -3.00. The van der Waals surface area contributed by atoms with Gasteiger partial charge in [-0.3, -0.25) is 14.7 Å². The summed E-state index contributed by atoms with van der Waals surface area (Å²) in [5.41, 5.74) is 8.88. The molecule has 4 heterocycles. The van der Waals surface area contributed by atoms with Gasteiger partial charge >= 0.3 is 0 Å². The number of nitrogens with zero attached hydrogens (tertiary/aromatic N) is 5. The number of nitrogen functional groups attached to an aromatic ring is 1. The van der Waals surface area contributed by atoms with Gasteiger partial charge in [-0.25, -0.2) is 4.98 Å². The first-order valence-corrected chi connectivity index (χ1v) is 11.4. The van der Waals surface area contributed by atoms with Crippen LogP contribution in [0.4, 0.5) is 5.82 Å². The fourth-order valence-corrected chi connectivity index (χ4v) is 4.80. The lowest BCUT2D eigenvalue weighted by atomic mass is 9.87. The van der Waals surface area contributed by atoms with E-state index in [9.17, 15) is 4.79 Å². The molecule has 2 aromatic heterocycles. The van der Waals surface area contributed by atoms with E-state index in [1.165, 1.54) is 5.56 Å². The van der Waals surface area contributed by atoms with E-state index in [1.54, 1.807) is 19.5 Å². The van der Waals surface area contributed by atoms with Gasteiger partial charge in [-0.2, -0.15) is 0 Å². The number of pyridine rings is 2. The highest BCUT2D eigenvalue weighted by atomic mass is 16.6. The van der Waals surface area contributed by atoms with Gasteiger partial charge in [0.2, 0.25) is 5.91 Å². The van der Waals surface area contributed by atoms with Crippen molar-refractivity contribution in [3.63, 3.8) is 0 Å². The van der Waals surface area contributed by atoms with Crippen LogP contribution in [-0.4, -0.2) is 64.7 Å². The minimum absolute atomic E-state index is 0.121. The van der Waals surface area contributed by atoms with E-state index in [0.717, 1.165) is 69.7 Å². The Morgan fingerprint density at radius 2 is 1.88 bits per heavy atom. The molecule has 0 bridgehead atoms. The number of hydrogen-bond donors (Lipinski definition) is 1. The maximum absolute atomic E-state index is 13.2. The molecule has 2 N–H and O–H groups in total. The highest BCUT2D eigenvalue weighted by molar-refractivity contribution is 6.01. The van der Waals surface area contributed by atoms with Crippen molar-refractivity contribution in [2.75, 3.05) is 39.0 Å². The molecule has 0 aliphatic carbocycles. The summed E-state index contributed by atoms with van der Waals surface area (Å²) in [5, 5.41) is 4.28. The highest BCUT2D eigenvalue weighted by Gasteiger charge is 2.32. The monoisotopic (exact) mass is 436 g/mol. The zero-order chi connectivity index (χ0) is 22.3. The Morgan fingerprint density at radius 1 is 1.12 bits per heavy atom. The number of hydrogen-bond acceptors (Lipinski definition) is 7. The Labute approximate surface area is 189 Å². The van der Waals surface area contributed by atoms with Crippen LogP contribution in [0.2, 0.25) is 0 Å². The van der Waals surface area contributed by atoms with Crippen LogP contribution in [0.5, 0.6) is 0 Å². The maximum atomic E-state index is 13.2. The van der Waals surface area contributed by atoms with Crippen LogP contribution in [0.3, 0.4) is 0 Å². The van der Waals surface area contributed by atoms with Crippen LogP contribution in [0.1, 0.15) is 36.8 Å². The standard InChI is InChI=1S/C24H32N6O2/c1-32-28-23(21-3-2-9-26-16-21)19-7-13-30(14-8-19)24(31)20-5-11-29(12-6-20)17-18-4-10-27-22(25)15-18/h2-4,9-10,15-16,19-20H,5-8,11-14,17H2,1H3,(H2,25,27). The van der Waals surface area contributed by atoms with Gasteiger partial charge in [0, 0.05) is 55.6 Å². The van der Waals surface area contributed by atoms with E-state index in [4.69, 9.17) is 10.6 Å². The first-order chi connectivity index (χ1) is 15.6. The number of piperidine rings is 2. The Balaban J connectivity index is 1.27. The number of amides is 1. The lowest BCUT2D eigenvalue weighted by Crippen LogP contribution is -2.46. The second kappa shape index (κ2) is 10.5. The van der Waals surface area contributed by atoms with Gasteiger partial charge in [0.25, 0.3) is 0 Å². The summed E-state index contributed by atoms with van der Waals surface area (Å²) in [4.78, 5) is 31.0. The molecule has 0 saturated carbocycles. The Morgan fingerprint density at radius 3 is 2.53 bits per heavy atom. The molecule has 0 aromatic carbocycles. The molecule has 4 rings (SSSR count). The molecule has 2 aliphatic rings. The molecule has 2 fully saturated rings. The molecule has 2 saturated heterocycles. The SMILES string of the molecule is CON=C(c1cccnc1)C1CCN(C(=O)C2CCN(Cc3ccnc(N)c3)CC2)CC1. The fraction of sp³-hybridized carbons (Fsp3) is 0.500. The summed E-state index contributed by atoms with van der Waals surface area (Å²) in [6.45, 7) is 4.25. The zero-order valence-electron chi connectivity index (χ0n) is 18.7. The van der Waals surface area contributed by atoms with Crippen LogP contribution in [0, 0.1) is 11.8 Å². The highest BCUT2D eigenvalue weighted by Crippen LogP contribution is 2.27. The fourth-order valence-electron chi connectivity index (χ4n) is 4.80. The van der Waals surface area contributed by atoms with E-state index in [2.05, 4.69) is 20.0 Å². The molecule has 8 nitrogen and oxygen atoms in total. The third kappa shape index (κ3) is 5.43. The quantitative estimate of drug-likeness (QED) is 0.552. The van der Waals surface area contributed by atoms with E-state index in [0.29, 0.717) is 11.7 Å². The first kappa shape index (κ1) is 22.2. The predicted octanol–water partition coefficient (Wildman–Crippen LogP) is 2.56. The van der Waals surface area contributed by atoms with Gasteiger partial charge in [-0.05, 0) is 68.6 Å². The lowest BCUT2D eigenvalue weighted by Gasteiger charge is -2.37. The number of nitrogens with two attached hydrogens (primary N) is 1. The lowest BCUT2D eigenvalue weighted by molar-refractivity contribution is -0.138. The maximum Gasteiger partial charge on any atom is 0.225 e. The van der Waals surface area contributed by atoms with Crippen molar-refractivity contribution in [1.82, 2.24) is 19.8 Å². The number of carbonyl (C=O) groups is 1. The number of aromatic nitrogens is 2. The van der Waals surface area contributed by atoms with E-state index >= 15 is 0 Å². The normalized spacial score (nSPS) is 19.2. The molecule has 0 unspecified atom stereocenters. The number of oxime groups is 1. The van der Waals surface area contributed by atoms with Crippen LogP contribution in [0.15, 0.2) is 48.0 Å². The van der Waals surface area contributed by atoms with E-state index in [1.807, 2.05) is 35.4 Å². The number of anilines is 1. The molecule has 0 spiro atoms.